The van der Waals surface area contributed by atoms with Crippen LogP contribution in [0.15, 0.2) is 12.1 Å². The largest absolute Gasteiger partial charge is 0.229 e. The third-order valence-corrected chi connectivity index (χ3v) is 3.93. The smallest absolute Gasteiger partial charge is 0.151 e. The molecule has 0 atom stereocenters. The van der Waals surface area contributed by atoms with E-state index in [4.69, 9.17) is 11.6 Å². The summed E-state index contributed by atoms with van der Waals surface area (Å²) in [4.78, 5) is 0. The van der Waals surface area contributed by atoms with E-state index < -0.39 is 9.84 Å². The van der Waals surface area contributed by atoms with Crippen molar-refractivity contribution in [3.05, 3.63) is 23.0 Å². The predicted octanol–water partition coefficient (Wildman–Crippen LogP) is 1.41. The van der Waals surface area contributed by atoms with Crippen molar-refractivity contribution in [3.63, 3.8) is 0 Å². The van der Waals surface area contributed by atoms with E-state index in [0.29, 0.717) is 16.7 Å². The summed E-state index contributed by atoms with van der Waals surface area (Å²) in [5.74, 6) is 1.42. The van der Waals surface area contributed by atoms with Gasteiger partial charge in [0.1, 0.15) is 9.84 Å². The van der Waals surface area contributed by atoms with Gasteiger partial charge in [0.15, 0.2) is 5.15 Å². The van der Waals surface area contributed by atoms with Crippen LogP contribution in [0.4, 0.5) is 0 Å². The molecule has 1 aromatic heterocycles. The van der Waals surface area contributed by atoms with Crippen LogP contribution >= 0.6 is 23.4 Å². The SMILES string of the molecule is CS(=O)(=O)CCSCc1ccc(Cl)nn1. The molecule has 1 aromatic rings. The van der Waals surface area contributed by atoms with Crippen molar-refractivity contribution in [2.24, 2.45) is 0 Å². The van der Waals surface area contributed by atoms with Crippen LogP contribution in [-0.2, 0) is 15.6 Å². The molecule has 1 rings (SSSR count). The molecule has 0 N–H and O–H groups in total. The maximum atomic E-state index is 10.8. The van der Waals surface area contributed by atoms with E-state index in [9.17, 15) is 8.42 Å². The second-order valence-electron chi connectivity index (χ2n) is 3.03. The quantitative estimate of drug-likeness (QED) is 0.754. The van der Waals surface area contributed by atoms with Crippen LogP contribution in [0, 0.1) is 0 Å². The van der Waals surface area contributed by atoms with E-state index in [1.54, 1.807) is 12.1 Å². The van der Waals surface area contributed by atoms with Crippen molar-refractivity contribution >= 4 is 33.2 Å². The van der Waals surface area contributed by atoms with Gasteiger partial charge in [0.25, 0.3) is 0 Å². The highest BCUT2D eigenvalue weighted by Crippen LogP contribution is 2.11. The first-order valence-electron chi connectivity index (χ1n) is 4.21. The minimum Gasteiger partial charge on any atom is -0.229 e. The fraction of sp³-hybridized carbons (Fsp3) is 0.500. The van der Waals surface area contributed by atoms with Gasteiger partial charge in [-0.1, -0.05) is 11.6 Å². The molecule has 0 fully saturated rings. The van der Waals surface area contributed by atoms with Gasteiger partial charge in [-0.25, -0.2) is 8.42 Å². The summed E-state index contributed by atoms with van der Waals surface area (Å²) in [6.45, 7) is 0. The standard InChI is InChI=1S/C8H11ClN2O2S2/c1-15(12,13)5-4-14-6-7-2-3-8(9)11-10-7/h2-3H,4-6H2,1H3. The van der Waals surface area contributed by atoms with Crippen LogP contribution in [-0.4, -0.2) is 36.4 Å². The monoisotopic (exact) mass is 266 g/mol. The highest BCUT2D eigenvalue weighted by molar-refractivity contribution is 7.99. The summed E-state index contributed by atoms with van der Waals surface area (Å²) in [5.41, 5.74) is 0.804. The number of sulfone groups is 1. The van der Waals surface area contributed by atoms with Crippen LogP contribution < -0.4 is 0 Å². The molecule has 0 unspecified atom stereocenters. The summed E-state index contributed by atoms with van der Waals surface area (Å²) in [5, 5.41) is 7.91. The van der Waals surface area contributed by atoms with Crippen LogP contribution in [0.3, 0.4) is 0 Å². The van der Waals surface area contributed by atoms with E-state index in [1.807, 2.05) is 0 Å². The summed E-state index contributed by atoms with van der Waals surface area (Å²) < 4.78 is 21.7. The van der Waals surface area contributed by atoms with Crippen LogP contribution in [0.2, 0.25) is 5.15 Å². The molecule has 0 radical (unpaired) electrons. The van der Waals surface area contributed by atoms with Gasteiger partial charge in [0.05, 0.1) is 11.4 Å². The molecule has 7 heteroatoms. The lowest BCUT2D eigenvalue weighted by atomic mass is 10.4. The van der Waals surface area contributed by atoms with Crippen molar-refractivity contribution in [3.8, 4) is 0 Å². The molecule has 0 aliphatic heterocycles. The van der Waals surface area contributed by atoms with Crippen molar-refractivity contribution in [2.45, 2.75) is 5.75 Å². The third kappa shape index (κ3) is 5.96. The normalized spacial score (nSPS) is 11.6. The Morgan fingerprint density at radius 1 is 1.40 bits per heavy atom. The summed E-state index contributed by atoms with van der Waals surface area (Å²) in [7, 11) is -2.86. The first-order chi connectivity index (χ1) is 6.97. The van der Waals surface area contributed by atoms with Crippen molar-refractivity contribution in [1.29, 1.82) is 0 Å². The van der Waals surface area contributed by atoms with Gasteiger partial charge in [-0.05, 0) is 12.1 Å². The fourth-order valence-electron chi connectivity index (χ4n) is 0.808. The number of hydrogen-bond acceptors (Lipinski definition) is 5. The average molecular weight is 267 g/mol. The molecule has 4 nitrogen and oxygen atoms in total. The van der Waals surface area contributed by atoms with E-state index in [0.717, 1.165) is 5.69 Å². The fourth-order valence-corrected chi connectivity index (χ4v) is 3.10. The van der Waals surface area contributed by atoms with Crippen LogP contribution in [0.5, 0.6) is 0 Å². The number of rotatable bonds is 5. The van der Waals surface area contributed by atoms with Gasteiger partial charge in [-0.15, -0.1) is 5.10 Å². The van der Waals surface area contributed by atoms with Gasteiger partial charge in [-0.3, -0.25) is 0 Å². The maximum absolute atomic E-state index is 10.8. The number of nitrogens with zero attached hydrogens (tertiary/aromatic N) is 2. The zero-order valence-corrected chi connectivity index (χ0v) is 10.6. The summed E-state index contributed by atoms with van der Waals surface area (Å²) >= 11 is 7.09. The van der Waals surface area contributed by atoms with Crippen molar-refractivity contribution in [1.82, 2.24) is 10.2 Å². The molecule has 0 aliphatic carbocycles. The van der Waals surface area contributed by atoms with E-state index in [2.05, 4.69) is 10.2 Å². The Kier molecular flexibility index (Phi) is 4.82. The Morgan fingerprint density at radius 2 is 2.13 bits per heavy atom. The molecular formula is C8H11ClN2O2S2. The Morgan fingerprint density at radius 3 is 2.67 bits per heavy atom. The highest BCUT2D eigenvalue weighted by Gasteiger charge is 2.02. The minimum absolute atomic E-state index is 0.193. The lowest BCUT2D eigenvalue weighted by Gasteiger charge is -1.99. The van der Waals surface area contributed by atoms with Gasteiger partial charge < -0.3 is 0 Å². The van der Waals surface area contributed by atoms with Gasteiger partial charge in [-0.2, -0.15) is 16.9 Å². The van der Waals surface area contributed by atoms with Crippen LogP contribution in [0.1, 0.15) is 5.69 Å². The molecule has 15 heavy (non-hydrogen) atoms. The molecule has 0 saturated carbocycles. The molecule has 84 valence electrons. The summed E-state index contributed by atoms with van der Waals surface area (Å²) in [6.07, 6.45) is 1.23. The zero-order valence-electron chi connectivity index (χ0n) is 8.18. The van der Waals surface area contributed by atoms with E-state index >= 15 is 0 Å². The van der Waals surface area contributed by atoms with Gasteiger partial charge in [0, 0.05) is 17.8 Å². The molecule has 0 bridgehead atoms. The molecule has 0 aromatic carbocycles. The average Bonchev–Trinajstić information content (AvgIpc) is 2.14. The van der Waals surface area contributed by atoms with E-state index in [1.165, 1.54) is 18.0 Å². The molecule has 0 aliphatic rings. The lowest BCUT2D eigenvalue weighted by Crippen LogP contribution is -2.05. The molecule has 0 amide bonds. The molecule has 0 saturated heterocycles. The Balaban J connectivity index is 2.29. The number of hydrogen-bond donors (Lipinski definition) is 0. The summed E-state index contributed by atoms with van der Waals surface area (Å²) in [6, 6.07) is 3.45. The predicted molar refractivity (Wildman–Crippen MR) is 62.9 cm³/mol. The first kappa shape index (κ1) is 12.7. The van der Waals surface area contributed by atoms with Crippen molar-refractivity contribution < 1.29 is 8.42 Å². The minimum atomic E-state index is -2.86. The Labute approximate surface area is 98.4 Å². The van der Waals surface area contributed by atoms with Crippen molar-refractivity contribution in [2.75, 3.05) is 17.8 Å². The second kappa shape index (κ2) is 5.67. The second-order valence-corrected chi connectivity index (χ2v) is 6.78. The van der Waals surface area contributed by atoms with E-state index in [-0.39, 0.29) is 5.75 Å². The topological polar surface area (TPSA) is 59.9 Å². The molecule has 0 spiro atoms. The third-order valence-electron chi connectivity index (χ3n) is 1.54. The highest BCUT2D eigenvalue weighted by atomic mass is 35.5. The Bertz CT molecular complexity index is 405. The lowest BCUT2D eigenvalue weighted by molar-refractivity contribution is 0.603. The Hall–Kier alpha value is -0.330. The molecule has 1 heterocycles. The van der Waals surface area contributed by atoms with Gasteiger partial charge >= 0.3 is 0 Å². The van der Waals surface area contributed by atoms with Gasteiger partial charge in [0.2, 0.25) is 0 Å². The maximum Gasteiger partial charge on any atom is 0.151 e. The zero-order chi connectivity index (χ0) is 11.3. The first-order valence-corrected chi connectivity index (χ1v) is 7.80. The van der Waals surface area contributed by atoms with Crippen LogP contribution in [0.25, 0.3) is 0 Å². The number of thioether (sulfide) groups is 1. The molecular weight excluding hydrogens is 256 g/mol. The number of aromatic nitrogens is 2. The number of halogens is 1.